The molecule has 0 bridgehead atoms. The Kier molecular flexibility index (Phi) is 7.01. The van der Waals surface area contributed by atoms with E-state index in [4.69, 9.17) is 16.3 Å². The molecule has 1 amide bonds. The smallest absolute Gasteiger partial charge is 0.338 e. The third kappa shape index (κ3) is 5.63. The van der Waals surface area contributed by atoms with Gasteiger partial charge < -0.3 is 14.6 Å². The molecular formula is C28H24ClN3O5. The number of pyridine rings is 1. The molecule has 0 unspecified atom stereocenters. The molecule has 0 atom stereocenters. The molecule has 4 rings (SSSR count). The molecular weight excluding hydrogens is 494 g/mol. The number of rotatable bonds is 5. The van der Waals surface area contributed by atoms with Crippen LogP contribution < -0.4 is 10.9 Å². The van der Waals surface area contributed by atoms with E-state index in [1.54, 1.807) is 57.2 Å². The Labute approximate surface area is 218 Å². The van der Waals surface area contributed by atoms with E-state index in [2.05, 4.69) is 11.4 Å². The molecule has 1 aliphatic rings. The van der Waals surface area contributed by atoms with Crippen molar-refractivity contribution < 1.29 is 19.1 Å². The van der Waals surface area contributed by atoms with Crippen molar-refractivity contribution in [3.63, 3.8) is 0 Å². The Balaban J connectivity index is 1.60. The van der Waals surface area contributed by atoms with Crippen LogP contribution in [0, 0.1) is 11.3 Å². The summed E-state index contributed by atoms with van der Waals surface area (Å²) in [5.41, 5.74) is 1.49. The summed E-state index contributed by atoms with van der Waals surface area (Å²) in [4.78, 5) is 50.9. The van der Waals surface area contributed by atoms with Gasteiger partial charge in [0.1, 0.15) is 12.1 Å². The predicted octanol–water partition coefficient (Wildman–Crippen LogP) is 4.76. The highest BCUT2D eigenvalue weighted by Gasteiger charge is 2.29. The first kappa shape index (κ1) is 25.9. The Morgan fingerprint density at radius 3 is 2.41 bits per heavy atom. The van der Waals surface area contributed by atoms with Crippen molar-refractivity contribution in [2.45, 2.75) is 45.8 Å². The number of nitrogens with one attached hydrogen (secondary N) is 1. The van der Waals surface area contributed by atoms with Gasteiger partial charge in [0.2, 0.25) is 5.91 Å². The molecule has 188 valence electrons. The highest BCUT2D eigenvalue weighted by Crippen LogP contribution is 2.34. The molecule has 2 aromatic carbocycles. The zero-order valence-corrected chi connectivity index (χ0v) is 21.3. The van der Waals surface area contributed by atoms with Crippen molar-refractivity contribution >= 4 is 34.9 Å². The normalized spacial score (nSPS) is 12.6. The molecule has 0 aliphatic heterocycles. The van der Waals surface area contributed by atoms with Gasteiger partial charge in [-0.3, -0.25) is 14.4 Å². The average molecular weight is 518 g/mol. The molecule has 1 aliphatic carbocycles. The maximum absolute atomic E-state index is 13.1. The van der Waals surface area contributed by atoms with E-state index in [0.29, 0.717) is 45.1 Å². The minimum atomic E-state index is -0.628. The lowest BCUT2D eigenvalue weighted by Crippen LogP contribution is -2.30. The van der Waals surface area contributed by atoms with Crippen LogP contribution in [-0.2, 0) is 22.5 Å². The van der Waals surface area contributed by atoms with Crippen LogP contribution in [0.25, 0.3) is 11.1 Å². The number of amides is 1. The van der Waals surface area contributed by atoms with E-state index in [-0.39, 0.29) is 24.3 Å². The highest BCUT2D eigenvalue weighted by atomic mass is 35.5. The zero-order chi connectivity index (χ0) is 26.9. The third-order valence-electron chi connectivity index (χ3n) is 5.78. The van der Waals surface area contributed by atoms with Crippen LogP contribution in [0.3, 0.4) is 0 Å². The summed E-state index contributed by atoms with van der Waals surface area (Å²) in [7, 11) is 0. The largest absolute Gasteiger partial charge is 0.456 e. The van der Waals surface area contributed by atoms with Gasteiger partial charge in [-0.25, -0.2) is 4.79 Å². The topological polar surface area (TPSA) is 118 Å². The van der Waals surface area contributed by atoms with E-state index < -0.39 is 23.0 Å². The number of nitriles is 1. The highest BCUT2D eigenvalue weighted by molar-refractivity contribution is 6.31. The summed E-state index contributed by atoms with van der Waals surface area (Å²) in [5, 5.41) is 12.6. The van der Waals surface area contributed by atoms with Gasteiger partial charge in [0.15, 0.2) is 5.78 Å². The van der Waals surface area contributed by atoms with Gasteiger partial charge in [-0.15, -0.1) is 0 Å². The van der Waals surface area contributed by atoms with Crippen molar-refractivity contribution in [2.24, 2.45) is 0 Å². The lowest BCUT2D eigenvalue weighted by molar-refractivity contribution is -0.116. The van der Waals surface area contributed by atoms with Gasteiger partial charge in [-0.1, -0.05) is 11.6 Å². The Hall–Kier alpha value is -4.22. The fraction of sp³-hybridized carbons (Fsp3) is 0.250. The minimum Gasteiger partial charge on any atom is -0.456 e. The van der Waals surface area contributed by atoms with Crippen LogP contribution in [0.15, 0.2) is 53.3 Å². The van der Waals surface area contributed by atoms with E-state index in [1.807, 2.05) is 0 Å². The second-order valence-corrected chi connectivity index (χ2v) is 10.1. The number of fused-ring (bicyclic) bond motifs is 1. The van der Waals surface area contributed by atoms with E-state index >= 15 is 0 Å². The standard InChI is InChI=1S/C28H24ClN3O5/c1-28(2,3)37-27(36)16-5-8-19(9-6-16)31-24(34)15-32-22-10-11-23(33)26(22)21(13-25(32)35)20-12-18(29)7-4-17(20)14-30/h4-9,12-13H,10-11,15H2,1-3H3,(H,31,34). The molecule has 1 heterocycles. The summed E-state index contributed by atoms with van der Waals surface area (Å²) in [6.07, 6.45) is 0.500. The Morgan fingerprint density at radius 1 is 1.05 bits per heavy atom. The summed E-state index contributed by atoms with van der Waals surface area (Å²) in [5.74, 6) is -1.11. The van der Waals surface area contributed by atoms with Crippen molar-refractivity contribution in [1.29, 1.82) is 5.26 Å². The van der Waals surface area contributed by atoms with Gasteiger partial charge in [-0.2, -0.15) is 5.26 Å². The van der Waals surface area contributed by atoms with Crippen LogP contribution in [0.1, 0.15) is 59.2 Å². The number of Topliss-reactive ketones (excluding diaryl/α,β-unsaturated/α-hetero) is 1. The Bertz CT molecular complexity index is 1530. The molecule has 37 heavy (non-hydrogen) atoms. The predicted molar refractivity (Wildman–Crippen MR) is 139 cm³/mol. The molecule has 1 N–H and O–H groups in total. The van der Waals surface area contributed by atoms with Crippen LogP contribution >= 0.6 is 11.6 Å². The monoisotopic (exact) mass is 517 g/mol. The summed E-state index contributed by atoms with van der Waals surface area (Å²) in [6, 6.07) is 14.2. The number of benzene rings is 2. The number of anilines is 1. The van der Waals surface area contributed by atoms with Gasteiger partial charge in [0, 0.05) is 45.6 Å². The number of aromatic nitrogens is 1. The van der Waals surface area contributed by atoms with Crippen molar-refractivity contribution in [1.82, 2.24) is 4.57 Å². The molecule has 0 fully saturated rings. The fourth-order valence-corrected chi connectivity index (χ4v) is 4.39. The van der Waals surface area contributed by atoms with E-state index in [9.17, 15) is 24.4 Å². The number of esters is 1. The van der Waals surface area contributed by atoms with Crippen molar-refractivity contribution in [3.8, 4) is 17.2 Å². The number of ether oxygens (including phenoxy) is 1. The SMILES string of the molecule is CC(C)(C)OC(=O)c1ccc(NC(=O)Cn2c3c(c(-c4cc(Cl)ccc4C#N)cc2=O)C(=O)CC3)cc1. The minimum absolute atomic E-state index is 0.166. The van der Waals surface area contributed by atoms with Crippen molar-refractivity contribution in [2.75, 3.05) is 5.32 Å². The number of hydrogen-bond acceptors (Lipinski definition) is 6. The third-order valence-corrected chi connectivity index (χ3v) is 6.02. The first-order valence-electron chi connectivity index (χ1n) is 11.6. The quantitative estimate of drug-likeness (QED) is 0.487. The maximum Gasteiger partial charge on any atom is 0.338 e. The number of ketones is 1. The van der Waals surface area contributed by atoms with Gasteiger partial charge >= 0.3 is 5.97 Å². The second-order valence-electron chi connectivity index (χ2n) is 9.66. The maximum atomic E-state index is 13.1. The van der Waals surface area contributed by atoms with Crippen LogP contribution in [0.5, 0.6) is 0 Å². The zero-order valence-electron chi connectivity index (χ0n) is 20.6. The molecule has 0 saturated carbocycles. The molecule has 8 nitrogen and oxygen atoms in total. The number of carbonyl (C=O) groups is 3. The van der Waals surface area contributed by atoms with Crippen LogP contribution in [0.4, 0.5) is 5.69 Å². The molecule has 9 heteroatoms. The fourth-order valence-electron chi connectivity index (χ4n) is 4.22. The van der Waals surface area contributed by atoms with Crippen LogP contribution in [-0.4, -0.2) is 27.8 Å². The summed E-state index contributed by atoms with van der Waals surface area (Å²) < 4.78 is 6.62. The van der Waals surface area contributed by atoms with Crippen molar-refractivity contribution in [3.05, 3.63) is 86.3 Å². The summed E-state index contributed by atoms with van der Waals surface area (Å²) in [6.45, 7) is 5.02. The second kappa shape index (κ2) is 10.0. The lowest BCUT2D eigenvalue weighted by atomic mass is 9.95. The Morgan fingerprint density at radius 2 is 1.76 bits per heavy atom. The number of nitrogens with zero attached hydrogens (tertiary/aromatic N) is 2. The summed E-state index contributed by atoms with van der Waals surface area (Å²) >= 11 is 6.13. The van der Waals surface area contributed by atoms with E-state index in [1.165, 1.54) is 16.7 Å². The van der Waals surface area contributed by atoms with Gasteiger partial charge in [-0.05, 0) is 69.7 Å². The number of hydrogen-bond donors (Lipinski definition) is 1. The molecule has 0 radical (unpaired) electrons. The molecule has 0 spiro atoms. The molecule has 3 aromatic rings. The first-order chi connectivity index (χ1) is 17.5. The number of carbonyl (C=O) groups excluding carboxylic acids is 3. The average Bonchev–Trinajstić information content (AvgIpc) is 3.21. The molecule has 1 aromatic heterocycles. The number of halogens is 1. The first-order valence-corrected chi connectivity index (χ1v) is 12.0. The van der Waals surface area contributed by atoms with Gasteiger partial charge in [0.25, 0.3) is 5.56 Å². The van der Waals surface area contributed by atoms with Gasteiger partial charge in [0.05, 0.1) is 17.2 Å². The van der Waals surface area contributed by atoms with E-state index in [0.717, 1.165) is 0 Å². The lowest BCUT2D eigenvalue weighted by Gasteiger charge is -2.19. The molecule has 0 saturated heterocycles. The van der Waals surface area contributed by atoms with Crippen LogP contribution in [0.2, 0.25) is 5.02 Å².